The highest BCUT2D eigenvalue weighted by atomic mass is 19.1. The van der Waals surface area contributed by atoms with Gasteiger partial charge in [-0.05, 0) is 36.9 Å². The Bertz CT molecular complexity index is 385. The minimum absolute atomic E-state index is 0.171. The lowest BCUT2D eigenvalue weighted by molar-refractivity contribution is 0.267. The van der Waals surface area contributed by atoms with Crippen molar-refractivity contribution in [1.29, 1.82) is 0 Å². The van der Waals surface area contributed by atoms with E-state index < -0.39 is 0 Å². The molecule has 0 aliphatic carbocycles. The maximum atomic E-state index is 14.0. The lowest BCUT2D eigenvalue weighted by atomic mass is 9.83. The summed E-state index contributed by atoms with van der Waals surface area (Å²) < 4.78 is 19.0. The third-order valence-corrected chi connectivity index (χ3v) is 3.36. The second kappa shape index (κ2) is 6.19. The van der Waals surface area contributed by atoms with Gasteiger partial charge in [0.1, 0.15) is 0 Å². The standard InChI is InChI=1S/C15H24FNO/c1-15(2,3)13(17-4)10-9-11-7-6-8-12(18-5)14(11)16/h6-8,13,17H,9-10H2,1-5H3. The fourth-order valence-electron chi connectivity index (χ4n) is 2.22. The highest BCUT2D eigenvalue weighted by Gasteiger charge is 2.23. The highest BCUT2D eigenvalue weighted by molar-refractivity contribution is 5.31. The van der Waals surface area contributed by atoms with Crippen LogP contribution in [-0.4, -0.2) is 20.2 Å². The first kappa shape index (κ1) is 15.0. The molecule has 0 fully saturated rings. The first-order valence-corrected chi connectivity index (χ1v) is 6.38. The summed E-state index contributed by atoms with van der Waals surface area (Å²) in [7, 11) is 3.45. The first-order valence-electron chi connectivity index (χ1n) is 6.38. The summed E-state index contributed by atoms with van der Waals surface area (Å²) >= 11 is 0. The minimum Gasteiger partial charge on any atom is -0.494 e. The number of ether oxygens (including phenoxy) is 1. The van der Waals surface area contributed by atoms with Gasteiger partial charge in [0, 0.05) is 6.04 Å². The number of hydrogen-bond acceptors (Lipinski definition) is 2. The summed E-state index contributed by atoms with van der Waals surface area (Å²) in [5.74, 6) is 0.0908. The van der Waals surface area contributed by atoms with Crippen LogP contribution in [0.2, 0.25) is 0 Å². The molecule has 0 bridgehead atoms. The zero-order valence-corrected chi connectivity index (χ0v) is 12.0. The van der Waals surface area contributed by atoms with Crippen molar-refractivity contribution in [2.75, 3.05) is 14.2 Å². The van der Waals surface area contributed by atoms with Crippen molar-refractivity contribution in [2.24, 2.45) is 5.41 Å². The summed E-state index contributed by atoms with van der Waals surface area (Å²) in [6, 6.07) is 5.68. The Morgan fingerprint density at radius 3 is 2.50 bits per heavy atom. The second-order valence-corrected chi connectivity index (χ2v) is 5.68. The Hall–Kier alpha value is -1.09. The van der Waals surface area contributed by atoms with Gasteiger partial charge in [0.25, 0.3) is 0 Å². The van der Waals surface area contributed by atoms with Crippen molar-refractivity contribution in [3.8, 4) is 5.75 Å². The van der Waals surface area contributed by atoms with Gasteiger partial charge in [0.05, 0.1) is 7.11 Å². The van der Waals surface area contributed by atoms with Gasteiger partial charge in [-0.15, -0.1) is 0 Å². The summed E-state index contributed by atoms with van der Waals surface area (Å²) in [6.07, 6.45) is 1.62. The summed E-state index contributed by atoms with van der Waals surface area (Å²) in [5.41, 5.74) is 0.892. The lowest BCUT2D eigenvalue weighted by Gasteiger charge is -2.30. The van der Waals surface area contributed by atoms with Crippen LogP contribution >= 0.6 is 0 Å². The number of benzene rings is 1. The van der Waals surface area contributed by atoms with E-state index in [2.05, 4.69) is 26.1 Å². The van der Waals surface area contributed by atoms with Crippen LogP contribution in [0.3, 0.4) is 0 Å². The first-order chi connectivity index (χ1) is 8.40. The van der Waals surface area contributed by atoms with Gasteiger partial charge in [-0.1, -0.05) is 32.9 Å². The zero-order valence-electron chi connectivity index (χ0n) is 12.0. The predicted octanol–water partition coefficient (Wildman–Crippen LogP) is 3.40. The van der Waals surface area contributed by atoms with E-state index in [0.717, 1.165) is 12.0 Å². The van der Waals surface area contributed by atoms with E-state index in [-0.39, 0.29) is 11.2 Å². The van der Waals surface area contributed by atoms with Crippen LogP contribution < -0.4 is 10.1 Å². The van der Waals surface area contributed by atoms with Crippen molar-refractivity contribution < 1.29 is 9.13 Å². The van der Waals surface area contributed by atoms with Crippen LogP contribution in [0.15, 0.2) is 18.2 Å². The number of hydrogen-bond donors (Lipinski definition) is 1. The van der Waals surface area contributed by atoms with Crippen molar-refractivity contribution in [3.05, 3.63) is 29.6 Å². The monoisotopic (exact) mass is 253 g/mol. The van der Waals surface area contributed by atoms with Gasteiger partial charge < -0.3 is 10.1 Å². The molecule has 0 aliphatic rings. The van der Waals surface area contributed by atoms with Gasteiger partial charge >= 0.3 is 0 Å². The molecule has 0 radical (unpaired) electrons. The third kappa shape index (κ3) is 3.70. The van der Waals surface area contributed by atoms with Crippen LogP contribution in [0.25, 0.3) is 0 Å². The molecule has 1 N–H and O–H groups in total. The zero-order chi connectivity index (χ0) is 13.8. The number of rotatable bonds is 5. The van der Waals surface area contributed by atoms with Crippen LogP contribution in [-0.2, 0) is 6.42 Å². The molecular weight excluding hydrogens is 229 g/mol. The van der Waals surface area contributed by atoms with E-state index in [1.165, 1.54) is 7.11 Å². The maximum absolute atomic E-state index is 14.0. The maximum Gasteiger partial charge on any atom is 0.168 e. The molecule has 2 nitrogen and oxygen atoms in total. The van der Waals surface area contributed by atoms with Gasteiger partial charge in [0.15, 0.2) is 11.6 Å². The van der Waals surface area contributed by atoms with Gasteiger partial charge in [-0.3, -0.25) is 0 Å². The Balaban J connectivity index is 2.74. The van der Waals surface area contributed by atoms with Gasteiger partial charge in [0.2, 0.25) is 0 Å². The summed E-state index contributed by atoms with van der Waals surface area (Å²) in [4.78, 5) is 0. The predicted molar refractivity (Wildman–Crippen MR) is 73.6 cm³/mol. The molecule has 1 unspecified atom stereocenters. The molecule has 1 rings (SSSR count). The number of nitrogens with one attached hydrogen (secondary N) is 1. The van der Waals surface area contributed by atoms with E-state index in [1.807, 2.05) is 19.2 Å². The average molecular weight is 253 g/mol. The Kier molecular flexibility index (Phi) is 5.15. The smallest absolute Gasteiger partial charge is 0.168 e. The van der Waals surface area contributed by atoms with Crippen LogP contribution in [0.4, 0.5) is 4.39 Å². The molecule has 0 aromatic heterocycles. The van der Waals surface area contributed by atoms with E-state index in [9.17, 15) is 4.39 Å². The number of aryl methyl sites for hydroxylation is 1. The van der Waals surface area contributed by atoms with E-state index in [0.29, 0.717) is 18.2 Å². The molecular formula is C15H24FNO. The van der Waals surface area contributed by atoms with E-state index >= 15 is 0 Å². The number of halogens is 1. The van der Waals surface area contributed by atoms with E-state index in [4.69, 9.17) is 4.74 Å². The molecule has 0 saturated heterocycles. The summed E-state index contributed by atoms with van der Waals surface area (Å²) in [6.45, 7) is 6.57. The topological polar surface area (TPSA) is 21.3 Å². The van der Waals surface area contributed by atoms with E-state index in [1.54, 1.807) is 6.07 Å². The average Bonchev–Trinajstić information content (AvgIpc) is 2.30. The van der Waals surface area contributed by atoms with Gasteiger partial charge in [-0.25, -0.2) is 4.39 Å². The summed E-state index contributed by atoms with van der Waals surface area (Å²) in [5, 5.41) is 3.31. The molecule has 0 spiro atoms. The molecule has 102 valence electrons. The van der Waals surface area contributed by atoms with Crippen molar-refractivity contribution in [2.45, 2.75) is 39.7 Å². The molecule has 0 amide bonds. The highest BCUT2D eigenvalue weighted by Crippen LogP contribution is 2.25. The molecule has 1 aromatic carbocycles. The normalized spacial score (nSPS) is 13.4. The molecule has 0 heterocycles. The molecule has 0 saturated carbocycles. The number of methoxy groups -OCH3 is 1. The third-order valence-electron chi connectivity index (χ3n) is 3.36. The Labute approximate surface area is 110 Å². The molecule has 18 heavy (non-hydrogen) atoms. The second-order valence-electron chi connectivity index (χ2n) is 5.68. The fraction of sp³-hybridized carbons (Fsp3) is 0.600. The van der Waals surface area contributed by atoms with Crippen molar-refractivity contribution in [1.82, 2.24) is 5.32 Å². The lowest BCUT2D eigenvalue weighted by Crippen LogP contribution is -2.38. The van der Waals surface area contributed by atoms with Crippen molar-refractivity contribution >= 4 is 0 Å². The van der Waals surface area contributed by atoms with Crippen molar-refractivity contribution in [3.63, 3.8) is 0 Å². The fourth-order valence-corrected chi connectivity index (χ4v) is 2.22. The largest absolute Gasteiger partial charge is 0.494 e. The van der Waals surface area contributed by atoms with Crippen LogP contribution in [0.5, 0.6) is 5.75 Å². The quantitative estimate of drug-likeness (QED) is 0.868. The molecule has 0 aliphatic heterocycles. The Morgan fingerprint density at radius 2 is 2.00 bits per heavy atom. The minimum atomic E-state index is -0.233. The SMILES string of the molecule is CNC(CCc1cccc(OC)c1F)C(C)(C)C. The van der Waals surface area contributed by atoms with Crippen LogP contribution in [0.1, 0.15) is 32.8 Å². The van der Waals surface area contributed by atoms with Gasteiger partial charge in [-0.2, -0.15) is 0 Å². The molecule has 1 atom stereocenters. The van der Waals surface area contributed by atoms with Crippen LogP contribution in [0, 0.1) is 11.2 Å². The Morgan fingerprint density at radius 1 is 1.33 bits per heavy atom. The molecule has 1 aromatic rings. The molecule has 3 heteroatoms.